The van der Waals surface area contributed by atoms with Crippen LogP contribution >= 0.6 is 15.9 Å². The Kier molecular flexibility index (Phi) is 4.61. The molecule has 0 amide bonds. The monoisotopic (exact) mass is 335 g/mol. The minimum atomic E-state index is -0.189. The molecule has 0 saturated heterocycles. The minimum absolute atomic E-state index is 0.00472. The van der Waals surface area contributed by atoms with Crippen LogP contribution in [0.3, 0.4) is 0 Å². The zero-order chi connectivity index (χ0) is 14.9. The van der Waals surface area contributed by atoms with Gasteiger partial charge in [-0.05, 0) is 67.8 Å². The summed E-state index contributed by atoms with van der Waals surface area (Å²) >= 11 is 3.58. The van der Waals surface area contributed by atoms with Crippen molar-refractivity contribution in [3.05, 3.63) is 68.4 Å². The van der Waals surface area contributed by atoms with Gasteiger partial charge in [0.2, 0.25) is 0 Å². The van der Waals surface area contributed by atoms with Gasteiger partial charge in [-0.2, -0.15) is 0 Å². The molecule has 0 aromatic heterocycles. The molecular formula is C17H19BrFN. The molecule has 0 bridgehead atoms. The molecule has 2 aromatic rings. The lowest BCUT2D eigenvalue weighted by molar-refractivity contribution is 0.615. The van der Waals surface area contributed by atoms with Crippen LogP contribution in [0.25, 0.3) is 0 Å². The zero-order valence-electron chi connectivity index (χ0n) is 12.2. The molecule has 0 radical (unpaired) electrons. The van der Waals surface area contributed by atoms with E-state index in [0.717, 1.165) is 21.2 Å². The summed E-state index contributed by atoms with van der Waals surface area (Å²) in [4.78, 5) is 0. The molecule has 0 fully saturated rings. The van der Waals surface area contributed by atoms with E-state index in [1.807, 2.05) is 20.0 Å². The number of benzene rings is 2. The van der Waals surface area contributed by atoms with Gasteiger partial charge in [-0.1, -0.05) is 34.1 Å². The Balaban J connectivity index is 2.52. The Morgan fingerprint density at radius 2 is 1.50 bits per heavy atom. The third-order valence-electron chi connectivity index (χ3n) is 3.48. The summed E-state index contributed by atoms with van der Waals surface area (Å²) < 4.78 is 14.8. The van der Waals surface area contributed by atoms with Gasteiger partial charge in [-0.25, -0.2) is 4.39 Å². The van der Waals surface area contributed by atoms with E-state index < -0.39 is 0 Å². The fourth-order valence-electron chi connectivity index (χ4n) is 2.60. The fraction of sp³-hybridized carbons (Fsp3) is 0.294. The van der Waals surface area contributed by atoms with Gasteiger partial charge in [0.05, 0.1) is 6.04 Å². The van der Waals surface area contributed by atoms with Crippen LogP contribution in [0.4, 0.5) is 4.39 Å². The predicted octanol–water partition coefficient (Wildman–Crippen LogP) is 4.82. The smallest absolute Gasteiger partial charge is 0.123 e. The van der Waals surface area contributed by atoms with E-state index in [9.17, 15) is 4.39 Å². The number of nitrogens with one attached hydrogen (secondary N) is 1. The molecule has 2 rings (SSSR count). The van der Waals surface area contributed by atoms with Gasteiger partial charge in [0.1, 0.15) is 5.82 Å². The van der Waals surface area contributed by atoms with Crippen molar-refractivity contribution in [2.45, 2.75) is 26.8 Å². The lowest BCUT2D eigenvalue weighted by Gasteiger charge is -2.20. The van der Waals surface area contributed by atoms with Crippen LogP contribution in [0.1, 0.15) is 33.9 Å². The summed E-state index contributed by atoms with van der Waals surface area (Å²) in [6, 6.07) is 9.44. The number of hydrogen-bond acceptors (Lipinski definition) is 1. The summed E-state index contributed by atoms with van der Waals surface area (Å²) in [5, 5.41) is 3.28. The third-order valence-corrected chi connectivity index (χ3v) is 4.73. The van der Waals surface area contributed by atoms with Crippen molar-refractivity contribution in [1.29, 1.82) is 0 Å². The molecule has 1 unspecified atom stereocenters. The van der Waals surface area contributed by atoms with Crippen LogP contribution in [0.2, 0.25) is 0 Å². The molecule has 0 aliphatic carbocycles. The van der Waals surface area contributed by atoms with Crippen molar-refractivity contribution in [2.75, 3.05) is 7.05 Å². The first-order valence-corrected chi connectivity index (χ1v) is 7.42. The molecule has 1 atom stereocenters. The molecule has 0 saturated carbocycles. The highest BCUT2D eigenvalue weighted by atomic mass is 79.9. The Labute approximate surface area is 128 Å². The normalized spacial score (nSPS) is 12.5. The van der Waals surface area contributed by atoms with Gasteiger partial charge in [0.25, 0.3) is 0 Å². The zero-order valence-corrected chi connectivity index (χ0v) is 13.8. The van der Waals surface area contributed by atoms with Crippen LogP contribution in [-0.4, -0.2) is 7.05 Å². The van der Waals surface area contributed by atoms with Crippen molar-refractivity contribution >= 4 is 15.9 Å². The van der Waals surface area contributed by atoms with Crippen LogP contribution < -0.4 is 5.32 Å². The second kappa shape index (κ2) is 6.06. The molecule has 106 valence electrons. The second-order valence-corrected chi connectivity index (χ2v) is 6.05. The number of rotatable bonds is 3. The average Bonchev–Trinajstić information content (AvgIpc) is 2.35. The Morgan fingerprint density at radius 3 is 2.00 bits per heavy atom. The van der Waals surface area contributed by atoms with E-state index in [1.165, 1.54) is 11.1 Å². The van der Waals surface area contributed by atoms with E-state index in [-0.39, 0.29) is 11.9 Å². The van der Waals surface area contributed by atoms with Gasteiger partial charge in [-0.3, -0.25) is 0 Å². The van der Waals surface area contributed by atoms with E-state index in [0.29, 0.717) is 0 Å². The molecule has 3 heteroatoms. The van der Waals surface area contributed by atoms with E-state index >= 15 is 0 Å². The van der Waals surface area contributed by atoms with Gasteiger partial charge in [-0.15, -0.1) is 0 Å². The maximum Gasteiger partial charge on any atom is 0.123 e. The first-order valence-electron chi connectivity index (χ1n) is 6.63. The van der Waals surface area contributed by atoms with E-state index in [1.54, 1.807) is 12.1 Å². The van der Waals surface area contributed by atoms with Crippen LogP contribution in [0, 0.1) is 26.6 Å². The van der Waals surface area contributed by atoms with E-state index in [4.69, 9.17) is 0 Å². The molecule has 20 heavy (non-hydrogen) atoms. The van der Waals surface area contributed by atoms with Crippen molar-refractivity contribution in [2.24, 2.45) is 0 Å². The average molecular weight is 336 g/mol. The summed E-state index contributed by atoms with van der Waals surface area (Å²) in [5.74, 6) is -0.189. The topological polar surface area (TPSA) is 12.0 Å². The quantitative estimate of drug-likeness (QED) is 0.847. The Morgan fingerprint density at radius 1 is 0.950 bits per heavy atom. The third kappa shape index (κ3) is 3.10. The summed E-state index contributed by atoms with van der Waals surface area (Å²) in [6.45, 7) is 6.06. The van der Waals surface area contributed by atoms with Crippen molar-refractivity contribution < 1.29 is 4.39 Å². The standard InChI is InChI=1S/C17H19BrFN/c1-10-5-13(9-15(19)6-10)17(20-4)14-7-11(2)16(18)12(3)8-14/h5-9,17,20H,1-4H3. The second-order valence-electron chi connectivity index (χ2n) is 5.25. The molecule has 0 spiro atoms. The van der Waals surface area contributed by atoms with E-state index in [2.05, 4.69) is 47.2 Å². The summed E-state index contributed by atoms with van der Waals surface area (Å²) in [6.07, 6.45) is 0. The molecule has 0 aliphatic heterocycles. The van der Waals surface area contributed by atoms with Crippen LogP contribution in [0.15, 0.2) is 34.8 Å². The molecule has 1 N–H and O–H groups in total. The number of hydrogen-bond donors (Lipinski definition) is 1. The summed E-state index contributed by atoms with van der Waals surface area (Å²) in [7, 11) is 1.90. The highest BCUT2D eigenvalue weighted by Gasteiger charge is 2.15. The number of aryl methyl sites for hydroxylation is 3. The summed E-state index contributed by atoms with van der Waals surface area (Å²) in [5.41, 5.74) is 5.41. The molecule has 0 heterocycles. The predicted molar refractivity (Wildman–Crippen MR) is 85.7 cm³/mol. The van der Waals surface area contributed by atoms with Crippen molar-refractivity contribution in [1.82, 2.24) is 5.32 Å². The van der Waals surface area contributed by atoms with Crippen molar-refractivity contribution in [3.8, 4) is 0 Å². The lowest BCUT2D eigenvalue weighted by Crippen LogP contribution is -2.18. The fourth-order valence-corrected chi connectivity index (χ4v) is 2.83. The first kappa shape index (κ1) is 15.2. The van der Waals surface area contributed by atoms with Crippen molar-refractivity contribution in [3.63, 3.8) is 0 Å². The number of halogens is 2. The Bertz CT molecular complexity index is 594. The maximum absolute atomic E-state index is 13.6. The van der Waals surface area contributed by atoms with Crippen LogP contribution in [0.5, 0.6) is 0 Å². The van der Waals surface area contributed by atoms with Gasteiger partial charge in [0.15, 0.2) is 0 Å². The highest BCUT2D eigenvalue weighted by molar-refractivity contribution is 9.10. The SMILES string of the molecule is CNC(c1cc(C)cc(F)c1)c1cc(C)c(Br)c(C)c1. The maximum atomic E-state index is 13.6. The Hall–Kier alpha value is -1.19. The highest BCUT2D eigenvalue weighted by Crippen LogP contribution is 2.29. The molecule has 2 aromatic carbocycles. The molecule has 0 aliphatic rings. The van der Waals surface area contributed by atoms with Gasteiger partial charge in [0, 0.05) is 4.47 Å². The van der Waals surface area contributed by atoms with Gasteiger partial charge >= 0.3 is 0 Å². The van der Waals surface area contributed by atoms with Gasteiger partial charge < -0.3 is 5.32 Å². The van der Waals surface area contributed by atoms with Crippen LogP contribution in [-0.2, 0) is 0 Å². The minimum Gasteiger partial charge on any atom is -0.309 e. The first-order chi connectivity index (χ1) is 9.42. The lowest BCUT2D eigenvalue weighted by atomic mass is 9.94. The molecule has 1 nitrogen and oxygen atoms in total. The molecular weight excluding hydrogens is 317 g/mol. The largest absolute Gasteiger partial charge is 0.309 e.